The predicted octanol–water partition coefficient (Wildman–Crippen LogP) is 0.256. The molecule has 4 heteroatoms. The molecule has 0 saturated carbocycles. The van der Waals surface area contributed by atoms with Crippen LogP contribution in [0.5, 0.6) is 0 Å². The largest absolute Gasteiger partial charge is 0.379 e. The Balaban J connectivity index is 2.32. The second-order valence-corrected chi connectivity index (χ2v) is 3.53. The quantitative estimate of drug-likeness (QED) is 0.590. The van der Waals surface area contributed by atoms with Gasteiger partial charge in [0.1, 0.15) is 0 Å². The van der Waals surface area contributed by atoms with Gasteiger partial charge in [-0.1, -0.05) is 0 Å². The lowest BCUT2D eigenvalue weighted by Crippen LogP contribution is -2.42. The van der Waals surface area contributed by atoms with Crippen LogP contribution < -0.4 is 0 Å². The first-order valence-corrected chi connectivity index (χ1v) is 4.69. The van der Waals surface area contributed by atoms with E-state index in [1.165, 1.54) is 0 Å². The topological polar surface area (TPSA) is 28.1 Å². The van der Waals surface area contributed by atoms with E-state index in [-0.39, 0.29) is 0 Å². The summed E-state index contributed by atoms with van der Waals surface area (Å²) < 4.78 is 5.00. The summed E-state index contributed by atoms with van der Waals surface area (Å²) in [4.78, 5) is 2.32. The molecule has 1 aliphatic heterocycles. The van der Waals surface area contributed by atoms with Crippen molar-refractivity contribution in [3.05, 3.63) is 0 Å². The Kier molecular flexibility index (Phi) is 4.18. The van der Waals surface area contributed by atoms with Crippen LogP contribution in [-0.4, -0.2) is 62.6 Å². The van der Waals surface area contributed by atoms with Gasteiger partial charge in [-0.15, -0.1) is 0 Å². The molecule has 13 heavy (non-hydrogen) atoms. The van der Waals surface area contributed by atoms with Crippen LogP contribution in [0, 0.1) is 0 Å². The van der Waals surface area contributed by atoms with Gasteiger partial charge in [-0.05, 0) is 14.0 Å². The van der Waals surface area contributed by atoms with Gasteiger partial charge in [-0.2, -0.15) is 5.10 Å². The number of piperazine rings is 1. The van der Waals surface area contributed by atoms with Crippen molar-refractivity contribution >= 4 is 5.71 Å². The number of nitrogens with zero attached hydrogens (tertiary/aromatic N) is 3. The summed E-state index contributed by atoms with van der Waals surface area (Å²) >= 11 is 0. The summed E-state index contributed by atoms with van der Waals surface area (Å²) in [7, 11) is 3.84. The lowest BCUT2D eigenvalue weighted by molar-refractivity contribution is 0.156. The van der Waals surface area contributed by atoms with E-state index in [1.54, 1.807) is 7.11 Å². The normalized spacial score (nSPS) is 20.8. The van der Waals surface area contributed by atoms with Crippen LogP contribution in [0.1, 0.15) is 6.92 Å². The van der Waals surface area contributed by atoms with Gasteiger partial charge in [0.05, 0.1) is 12.3 Å². The second kappa shape index (κ2) is 5.19. The third kappa shape index (κ3) is 3.74. The first-order valence-electron chi connectivity index (χ1n) is 4.69. The van der Waals surface area contributed by atoms with Crippen molar-refractivity contribution in [3.8, 4) is 0 Å². The zero-order valence-corrected chi connectivity index (χ0v) is 8.79. The Morgan fingerprint density at radius 1 is 1.31 bits per heavy atom. The number of hydrazone groups is 1. The molecule has 4 nitrogen and oxygen atoms in total. The van der Waals surface area contributed by atoms with Crippen molar-refractivity contribution in [2.24, 2.45) is 5.10 Å². The van der Waals surface area contributed by atoms with E-state index < -0.39 is 0 Å². The van der Waals surface area contributed by atoms with E-state index in [0.717, 1.165) is 31.9 Å². The molecule has 1 saturated heterocycles. The number of ether oxygens (including phenoxy) is 1. The molecule has 0 radical (unpaired) electrons. The van der Waals surface area contributed by atoms with E-state index in [0.29, 0.717) is 6.61 Å². The minimum absolute atomic E-state index is 0.631. The molecule has 0 unspecified atom stereocenters. The van der Waals surface area contributed by atoms with Crippen LogP contribution >= 0.6 is 0 Å². The first kappa shape index (κ1) is 10.5. The maximum atomic E-state index is 5.00. The molecular weight excluding hydrogens is 166 g/mol. The smallest absolute Gasteiger partial charge is 0.0859 e. The minimum Gasteiger partial charge on any atom is -0.379 e. The van der Waals surface area contributed by atoms with Crippen LogP contribution in [0.15, 0.2) is 5.10 Å². The van der Waals surface area contributed by atoms with Gasteiger partial charge in [0, 0.05) is 33.3 Å². The molecule has 0 aromatic rings. The van der Waals surface area contributed by atoms with Crippen LogP contribution in [0.4, 0.5) is 0 Å². The molecule has 0 spiro atoms. The highest BCUT2D eigenvalue weighted by atomic mass is 16.5. The van der Waals surface area contributed by atoms with Crippen molar-refractivity contribution in [2.45, 2.75) is 6.92 Å². The van der Waals surface area contributed by atoms with Gasteiger partial charge in [0.2, 0.25) is 0 Å². The molecule has 1 aliphatic rings. The van der Waals surface area contributed by atoms with Crippen molar-refractivity contribution in [3.63, 3.8) is 0 Å². The van der Waals surface area contributed by atoms with Gasteiger partial charge in [0.15, 0.2) is 0 Å². The third-order valence-corrected chi connectivity index (χ3v) is 2.15. The highest BCUT2D eigenvalue weighted by Crippen LogP contribution is 1.99. The Labute approximate surface area is 80.2 Å². The Bertz CT molecular complexity index is 174. The van der Waals surface area contributed by atoms with Crippen LogP contribution in [0.2, 0.25) is 0 Å². The molecular formula is C9H19N3O. The second-order valence-electron chi connectivity index (χ2n) is 3.53. The Morgan fingerprint density at radius 2 is 1.92 bits per heavy atom. The van der Waals surface area contributed by atoms with E-state index in [1.807, 2.05) is 6.92 Å². The fourth-order valence-electron chi connectivity index (χ4n) is 1.38. The Morgan fingerprint density at radius 3 is 2.46 bits per heavy atom. The molecule has 0 N–H and O–H groups in total. The first-order chi connectivity index (χ1) is 6.22. The summed E-state index contributed by atoms with van der Waals surface area (Å²) in [6.07, 6.45) is 0. The molecule has 1 fully saturated rings. The minimum atomic E-state index is 0.631. The summed E-state index contributed by atoms with van der Waals surface area (Å²) in [5.41, 5.74) is 1.05. The molecule has 0 aromatic carbocycles. The van der Waals surface area contributed by atoms with Crippen molar-refractivity contribution in [1.29, 1.82) is 0 Å². The molecule has 76 valence electrons. The zero-order chi connectivity index (χ0) is 9.68. The standard InChI is InChI=1S/C9H19N3O/c1-9(8-13-3)10-12-6-4-11(2)5-7-12/h4-8H2,1-3H3/b10-9+. The van der Waals surface area contributed by atoms with Gasteiger partial charge in [-0.25, -0.2) is 0 Å². The maximum absolute atomic E-state index is 5.00. The molecule has 0 bridgehead atoms. The van der Waals surface area contributed by atoms with Crippen molar-refractivity contribution in [2.75, 3.05) is 46.9 Å². The van der Waals surface area contributed by atoms with Gasteiger partial charge < -0.3 is 9.64 Å². The van der Waals surface area contributed by atoms with Crippen LogP contribution in [0.25, 0.3) is 0 Å². The number of methoxy groups -OCH3 is 1. The number of rotatable bonds is 3. The van der Waals surface area contributed by atoms with E-state index in [2.05, 4.69) is 22.1 Å². The average Bonchev–Trinajstić information content (AvgIpc) is 2.09. The van der Waals surface area contributed by atoms with Gasteiger partial charge in [0.25, 0.3) is 0 Å². The van der Waals surface area contributed by atoms with E-state index in [4.69, 9.17) is 4.74 Å². The highest BCUT2D eigenvalue weighted by Gasteiger charge is 2.11. The van der Waals surface area contributed by atoms with Gasteiger partial charge >= 0.3 is 0 Å². The summed E-state index contributed by atoms with van der Waals surface area (Å²) in [5.74, 6) is 0. The molecule has 0 aliphatic carbocycles. The lowest BCUT2D eigenvalue weighted by Gasteiger charge is -2.30. The molecule has 1 rings (SSSR count). The van der Waals surface area contributed by atoms with Crippen molar-refractivity contribution in [1.82, 2.24) is 9.91 Å². The van der Waals surface area contributed by atoms with Crippen molar-refractivity contribution < 1.29 is 4.74 Å². The molecule has 1 heterocycles. The highest BCUT2D eigenvalue weighted by molar-refractivity contribution is 5.82. The van der Waals surface area contributed by atoms with Crippen LogP contribution in [0.3, 0.4) is 0 Å². The van der Waals surface area contributed by atoms with Crippen LogP contribution in [-0.2, 0) is 4.74 Å². The maximum Gasteiger partial charge on any atom is 0.0859 e. The van der Waals surface area contributed by atoms with Gasteiger partial charge in [-0.3, -0.25) is 5.01 Å². The molecule has 0 amide bonds. The zero-order valence-electron chi connectivity index (χ0n) is 8.79. The fourth-order valence-corrected chi connectivity index (χ4v) is 1.38. The summed E-state index contributed by atoms with van der Waals surface area (Å²) in [6.45, 7) is 6.89. The summed E-state index contributed by atoms with van der Waals surface area (Å²) in [5, 5.41) is 6.58. The SMILES string of the molecule is COC/C(C)=N/N1CCN(C)CC1. The average molecular weight is 185 g/mol. The number of hydrogen-bond donors (Lipinski definition) is 0. The number of hydrogen-bond acceptors (Lipinski definition) is 4. The Hall–Kier alpha value is -0.610. The lowest BCUT2D eigenvalue weighted by atomic mass is 10.4. The number of likely N-dealkylation sites (N-methyl/N-ethyl adjacent to an activating group) is 1. The van der Waals surface area contributed by atoms with E-state index >= 15 is 0 Å². The molecule has 0 atom stereocenters. The molecule has 0 aromatic heterocycles. The monoisotopic (exact) mass is 185 g/mol. The predicted molar refractivity (Wildman–Crippen MR) is 54.1 cm³/mol. The summed E-state index contributed by atoms with van der Waals surface area (Å²) in [6, 6.07) is 0. The third-order valence-electron chi connectivity index (χ3n) is 2.15. The van der Waals surface area contributed by atoms with E-state index in [9.17, 15) is 0 Å². The fraction of sp³-hybridized carbons (Fsp3) is 0.889.